The first-order valence-corrected chi connectivity index (χ1v) is 4.78. The van der Waals surface area contributed by atoms with Gasteiger partial charge in [-0.05, 0) is 6.42 Å². The second-order valence-corrected chi connectivity index (χ2v) is 3.55. The molecule has 0 unspecified atom stereocenters. The summed E-state index contributed by atoms with van der Waals surface area (Å²) in [6.07, 6.45) is -7.64. The zero-order valence-electron chi connectivity index (χ0n) is 9.54. The van der Waals surface area contributed by atoms with E-state index in [9.17, 15) is 44.3 Å². The lowest BCUT2D eigenvalue weighted by Crippen LogP contribution is -2.62. The van der Waals surface area contributed by atoms with Crippen molar-refractivity contribution in [1.29, 1.82) is 0 Å². The van der Waals surface area contributed by atoms with E-state index < -0.39 is 41.9 Å². The fraction of sp³-hybridized carbons (Fsp3) is 0.667. The van der Waals surface area contributed by atoms with Crippen LogP contribution in [0, 0.1) is 0 Å². The van der Waals surface area contributed by atoms with Crippen molar-refractivity contribution in [3.8, 4) is 0 Å². The molecule has 0 aromatic rings. The number of halogens is 9. The van der Waals surface area contributed by atoms with Crippen LogP contribution < -0.4 is 0 Å². The molecule has 0 bridgehead atoms. The number of aliphatic carboxylic acids is 1. The van der Waals surface area contributed by atoms with Gasteiger partial charge >= 0.3 is 29.9 Å². The maximum atomic E-state index is 13.2. The van der Waals surface area contributed by atoms with Crippen LogP contribution in [-0.2, 0) is 4.79 Å². The smallest absolute Gasteiger partial charge is 0.460 e. The molecule has 11 heteroatoms. The van der Waals surface area contributed by atoms with Crippen LogP contribution in [0.1, 0.15) is 13.3 Å². The zero-order valence-corrected chi connectivity index (χ0v) is 9.54. The molecule has 0 aliphatic rings. The van der Waals surface area contributed by atoms with Crippen molar-refractivity contribution in [3.05, 3.63) is 11.6 Å². The van der Waals surface area contributed by atoms with Gasteiger partial charge < -0.3 is 5.11 Å². The van der Waals surface area contributed by atoms with Crippen molar-refractivity contribution >= 4 is 5.97 Å². The minimum Gasteiger partial charge on any atom is -0.478 e. The van der Waals surface area contributed by atoms with Gasteiger partial charge in [0.2, 0.25) is 0 Å². The molecule has 0 rings (SSSR count). The largest absolute Gasteiger partial charge is 0.478 e. The van der Waals surface area contributed by atoms with Gasteiger partial charge in [0, 0.05) is 0 Å². The van der Waals surface area contributed by atoms with E-state index in [0.717, 1.165) is 6.92 Å². The van der Waals surface area contributed by atoms with Crippen molar-refractivity contribution in [2.45, 2.75) is 37.3 Å². The minimum atomic E-state index is -7.11. The highest BCUT2D eigenvalue weighted by molar-refractivity contribution is 5.88. The van der Waals surface area contributed by atoms with Gasteiger partial charge in [-0.1, -0.05) is 13.0 Å². The maximum Gasteiger partial charge on any atom is 0.460 e. The molecule has 0 aromatic heterocycles. The number of alkyl halides is 9. The Kier molecular flexibility index (Phi) is 4.80. The first-order chi connectivity index (χ1) is 8.64. The normalized spacial score (nSPS) is 15.4. The highest BCUT2D eigenvalue weighted by Gasteiger charge is 2.82. The average molecular weight is 318 g/mol. The molecule has 1 N–H and O–H groups in total. The molecular formula is C9H7F9O2. The van der Waals surface area contributed by atoms with Crippen LogP contribution in [0.15, 0.2) is 11.6 Å². The third-order valence-electron chi connectivity index (χ3n) is 2.12. The fourth-order valence-electron chi connectivity index (χ4n) is 1.10. The van der Waals surface area contributed by atoms with E-state index in [0.29, 0.717) is 0 Å². The summed E-state index contributed by atoms with van der Waals surface area (Å²) in [5.41, 5.74) is -2.53. The van der Waals surface area contributed by atoms with Crippen molar-refractivity contribution < 1.29 is 49.4 Å². The van der Waals surface area contributed by atoms with Gasteiger partial charge in [0.05, 0.1) is 0 Å². The van der Waals surface area contributed by atoms with Gasteiger partial charge in [-0.25, -0.2) is 4.79 Å². The maximum absolute atomic E-state index is 13.2. The molecule has 0 saturated heterocycles. The summed E-state index contributed by atoms with van der Waals surface area (Å²) in [6.45, 7) is 0.999. The molecule has 0 aliphatic heterocycles. The molecule has 0 amide bonds. The van der Waals surface area contributed by atoms with E-state index in [1.54, 1.807) is 0 Å². The van der Waals surface area contributed by atoms with Crippen LogP contribution in [0.25, 0.3) is 0 Å². The number of rotatable bonds is 5. The Hall–Kier alpha value is -1.42. The van der Waals surface area contributed by atoms with E-state index in [2.05, 4.69) is 0 Å². The number of hydrogen-bond donors (Lipinski definition) is 1. The van der Waals surface area contributed by atoms with Crippen LogP contribution in [0.2, 0.25) is 0 Å². The molecule has 0 radical (unpaired) electrons. The third kappa shape index (κ3) is 2.70. The Morgan fingerprint density at radius 1 is 0.950 bits per heavy atom. The number of carbonyl (C=O) groups is 1. The Labute approximate surface area is 105 Å². The van der Waals surface area contributed by atoms with Crippen LogP contribution in [0.5, 0.6) is 0 Å². The minimum absolute atomic E-state index is 0.0668. The van der Waals surface area contributed by atoms with Gasteiger partial charge in [-0.2, -0.15) is 39.5 Å². The average Bonchev–Trinajstić information content (AvgIpc) is 2.22. The summed E-state index contributed by atoms with van der Waals surface area (Å²) < 4.78 is 112. The Morgan fingerprint density at radius 3 is 1.60 bits per heavy atom. The van der Waals surface area contributed by atoms with E-state index in [4.69, 9.17) is 5.11 Å². The van der Waals surface area contributed by atoms with Crippen LogP contribution >= 0.6 is 0 Å². The highest BCUT2D eigenvalue weighted by Crippen LogP contribution is 2.55. The van der Waals surface area contributed by atoms with Gasteiger partial charge in [-0.15, -0.1) is 0 Å². The number of carboxylic acid groups (broad SMARTS) is 1. The standard InChI is InChI=1S/C9H7F9O2/c1-2-3-4(5(19)20)6(10,11)7(12,13)8(14,15)9(16,17)18/h3H,2H2,1H3,(H,19,20). The lowest BCUT2D eigenvalue weighted by molar-refractivity contribution is -0.389. The van der Waals surface area contributed by atoms with Gasteiger partial charge in [-0.3, -0.25) is 0 Å². The molecule has 118 valence electrons. The summed E-state index contributed by atoms with van der Waals surface area (Å²) in [6, 6.07) is 0. The van der Waals surface area contributed by atoms with E-state index >= 15 is 0 Å². The van der Waals surface area contributed by atoms with Crippen LogP contribution in [0.3, 0.4) is 0 Å². The van der Waals surface area contributed by atoms with Crippen LogP contribution in [0.4, 0.5) is 39.5 Å². The van der Waals surface area contributed by atoms with E-state index in [1.165, 1.54) is 0 Å². The molecule has 0 aliphatic carbocycles. The third-order valence-corrected chi connectivity index (χ3v) is 2.12. The molecular weight excluding hydrogens is 311 g/mol. The lowest BCUT2D eigenvalue weighted by Gasteiger charge is -2.33. The van der Waals surface area contributed by atoms with Crippen molar-refractivity contribution in [2.75, 3.05) is 0 Å². The zero-order chi connectivity index (χ0) is 16.6. The molecule has 0 aromatic carbocycles. The first-order valence-electron chi connectivity index (χ1n) is 4.78. The van der Waals surface area contributed by atoms with Crippen molar-refractivity contribution in [3.63, 3.8) is 0 Å². The summed E-state index contributed by atoms with van der Waals surface area (Å²) in [7, 11) is 0. The van der Waals surface area contributed by atoms with E-state index in [-0.39, 0.29) is 6.08 Å². The molecule has 0 fully saturated rings. The van der Waals surface area contributed by atoms with E-state index in [1.807, 2.05) is 0 Å². The SMILES string of the molecule is CCC=C(C(=O)O)C(F)(F)C(F)(F)C(F)(F)C(F)(F)F. The van der Waals surface area contributed by atoms with Gasteiger partial charge in [0.1, 0.15) is 5.57 Å². The first kappa shape index (κ1) is 18.6. The Bertz CT molecular complexity index is 408. The van der Waals surface area contributed by atoms with Crippen molar-refractivity contribution in [2.24, 2.45) is 0 Å². The second kappa shape index (κ2) is 5.17. The predicted octanol–water partition coefficient (Wildman–Crippen LogP) is 3.88. The number of allylic oxidation sites excluding steroid dienone is 1. The molecule has 0 atom stereocenters. The summed E-state index contributed by atoms with van der Waals surface area (Å²) in [5.74, 6) is -23.0. The summed E-state index contributed by atoms with van der Waals surface area (Å²) in [4.78, 5) is 10.4. The molecule has 0 saturated carbocycles. The Morgan fingerprint density at radius 2 is 1.35 bits per heavy atom. The Balaban J connectivity index is 6.04. The van der Waals surface area contributed by atoms with Gasteiger partial charge in [0.15, 0.2) is 0 Å². The summed E-state index contributed by atoms with van der Waals surface area (Å²) >= 11 is 0. The lowest BCUT2D eigenvalue weighted by atomic mass is 9.96. The van der Waals surface area contributed by atoms with Gasteiger partial charge in [0.25, 0.3) is 0 Å². The molecule has 0 spiro atoms. The molecule has 20 heavy (non-hydrogen) atoms. The topological polar surface area (TPSA) is 37.3 Å². The monoisotopic (exact) mass is 318 g/mol. The predicted molar refractivity (Wildman–Crippen MR) is 46.9 cm³/mol. The second-order valence-electron chi connectivity index (χ2n) is 3.55. The summed E-state index contributed by atoms with van der Waals surface area (Å²) in [5, 5.41) is 8.26. The fourth-order valence-corrected chi connectivity index (χ4v) is 1.10. The molecule has 2 nitrogen and oxygen atoms in total. The number of carboxylic acids is 1. The van der Waals surface area contributed by atoms with Crippen molar-refractivity contribution in [1.82, 2.24) is 0 Å². The quantitative estimate of drug-likeness (QED) is 0.617. The van der Waals surface area contributed by atoms with Crippen LogP contribution in [-0.4, -0.2) is 35.0 Å². The number of hydrogen-bond acceptors (Lipinski definition) is 1. The highest BCUT2D eigenvalue weighted by atomic mass is 19.4. The molecule has 0 heterocycles.